The molecule has 0 radical (unpaired) electrons. The highest BCUT2D eigenvalue weighted by atomic mass is 15.2. The van der Waals surface area contributed by atoms with E-state index in [0.717, 1.165) is 83.5 Å². The first kappa shape index (κ1) is 39.6. The molecule has 0 saturated carbocycles. The van der Waals surface area contributed by atoms with Crippen LogP contribution in [0.15, 0.2) is 243 Å². The van der Waals surface area contributed by atoms with E-state index in [4.69, 9.17) is 6.57 Å². The van der Waals surface area contributed by atoms with Crippen molar-refractivity contribution in [3.8, 4) is 39.4 Å². The Bertz CT molecular complexity index is 3570. The molecule has 11 rings (SSSR count). The largest absolute Gasteiger partial charge is 0.310 e. The van der Waals surface area contributed by atoms with E-state index in [-0.39, 0.29) is 0 Å². The minimum atomic E-state index is 0.395. The van der Waals surface area contributed by atoms with E-state index in [9.17, 15) is 5.26 Å². The monoisotopic (exact) mass is 840 g/mol. The third-order valence-corrected chi connectivity index (χ3v) is 12.4. The average molecular weight is 841 g/mol. The summed E-state index contributed by atoms with van der Waals surface area (Å²) >= 11 is 0. The van der Waals surface area contributed by atoms with E-state index in [1.54, 1.807) is 6.07 Å². The lowest BCUT2D eigenvalue weighted by atomic mass is 9.89. The molecule has 308 valence electrons. The quantitative estimate of drug-likeness (QED) is 0.107. The molecule has 0 atom stereocenters. The summed E-state index contributed by atoms with van der Waals surface area (Å²) in [5.41, 5.74) is 13.2. The number of rotatable bonds is 9. The average Bonchev–Trinajstić information content (AvgIpc) is 3.39. The van der Waals surface area contributed by atoms with Gasteiger partial charge in [0, 0.05) is 44.8 Å². The Morgan fingerprint density at radius 2 is 0.848 bits per heavy atom. The van der Waals surface area contributed by atoms with Crippen molar-refractivity contribution in [3.63, 3.8) is 0 Å². The maximum atomic E-state index is 10.3. The Morgan fingerprint density at radius 1 is 0.348 bits per heavy atom. The van der Waals surface area contributed by atoms with E-state index in [1.165, 1.54) is 16.3 Å². The van der Waals surface area contributed by atoms with Crippen molar-refractivity contribution in [2.75, 3.05) is 9.80 Å². The van der Waals surface area contributed by atoms with Gasteiger partial charge in [-0.3, -0.25) is 0 Å². The summed E-state index contributed by atoms with van der Waals surface area (Å²) in [7, 11) is 0. The fraction of sp³-hybridized carbons (Fsp3) is 0. The number of para-hydroxylation sites is 1. The molecule has 0 fully saturated rings. The van der Waals surface area contributed by atoms with Gasteiger partial charge in [-0.15, -0.1) is 0 Å². The standard InChI is InChI=1S/C62H40N4/c1-64-51-37-43(42-63)38-56(40-51)66(55-22-14-21-54(41-55)65(52-19-6-3-7-20-52)53-35-33-46(34-36-53)44-15-4-2-5-16-44)62-59-25-12-10-23-57(59)61(58-24-11-13-26-60(58)62)48-30-27-47(28-31-48)50-32-29-45-17-8-9-18-49(45)39-50/h2-41H. The normalized spacial score (nSPS) is 11.0. The van der Waals surface area contributed by atoms with E-state index >= 15 is 0 Å². The Labute approximate surface area is 384 Å². The van der Waals surface area contributed by atoms with Gasteiger partial charge in [0.1, 0.15) is 0 Å². The fourth-order valence-corrected chi connectivity index (χ4v) is 9.35. The minimum absolute atomic E-state index is 0.395. The van der Waals surface area contributed by atoms with Crippen molar-refractivity contribution in [2.45, 2.75) is 0 Å². The van der Waals surface area contributed by atoms with Gasteiger partial charge >= 0.3 is 0 Å². The number of nitrogens with zero attached hydrogens (tertiary/aromatic N) is 4. The predicted octanol–water partition coefficient (Wildman–Crippen LogP) is 17.5. The van der Waals surface area contributed by atoms with Crippen LogP contribution < -0.4 is 9.80 Å². The molecule has 0 unspecified atom stereocenters. The number of nitriles is 1. The van der Waals surface area contributed by atoms with Crippen molar-refractivity contribution in [1.29, 1.82) is 5.26 Å². The van der Waals surface area contributed by atoms with Crippen LogP contribution in [-0.2, 0) is 0 Å². The number of benzene rings is 11. The molecule has 0 heterocycles. The highest BCUT2D eigenvalue weighted by molar-refractivity contribution is 6.22. The summed E-state index contributed by atoms with van der Waals surface area (Å²) in [5, 5.41) is 17.0. The van der Waals surface area contributed by atoms with Crippen LogP contribution in [0.5, 0.6) is 0 Å². The maximum Gasteiger partial charge on any atom is 0.190 e. The van der Waals surface area contributed by atoms with Crippen LogP contribution in [-0.4, -0.2) is 0 Å². The molecule has 0 saturated heterocycles. The lowest BCUT2D eigenvalue weighted by Crippen LogP contribution is -2.14. The molecule has 0 aliphatic rings. The van der Waals surface area contributed by atoms with Gasteiger partial charge in [-0.05, 0) is 122 Å². The van der Waals surface area contributed by atoms with E-state index in [1.807, 2.05) is 24.3 Å². The van der Waals surface area contributed by atoms with Gasteiger partial charge in [0.25, 0.3) is 0 Å². The second-order valence-corrected chi connectivity index (χ2v) is 16.4. The molecule has 11 aromatic carbocycles. The lowest BCUT2D eigenvalue weighted by Gasteiger charge is -2.32. The Balaban J connectivity index is 1.11. The molecular weight excluding hydrogens is 801 g/mol. The third-order valence-electron chi connectivity index (χ3n) is 12.4. The predicted molar refractivity (Wildman–Crippen MR) is 276 cm³/mol. The Morgan fingerprint density at radius 3 is 1.52 bits per heavy atom. The van der Waals surface area contributed by atoms with Crippen LogP contribution >= 0.6 is 0 Å². The molecular formula is C62H40N4. The second-order valence-electron chi connectivity index (χ2n) is 16.4. The summed E-state index contributed by atoms with van der Waals surface area (Å²) in [6, 6.07) is 87.1. The van der Waals surface area contributed by atoms with E-state index < -0.39 is 0 Å². The summed E-state index contributed by atoms with van der Waals surface area (Å²) in [5.74, 6) is 0. The maximum absolute atomic E-state index is 10.3. The number of fused-ring (bicyclic) bond motifs is 3. The van der Waals surface area contributed by atoms with Crippen LogP contribution in [0.1, 0.15) is 5.56 Å². The van der Waals surface area contributed by atoms with Crippen LogP contribution in [0.25, 0.3) is 70.5 Å². The van der Waals surface area contributed by atoms with Crippen LogP contribution in [0.4, 0.5) is 39.8 Å². The van der Waals surface area contributed by atoms with Crippen molar-refractivity contribution in [1.82, 2.24) is 0 Å². The van der Waals surface area contributed by atoms with Gasteiger partial charge in [-0.2, -0.15) is 5.26 Å². The first-order chi connectivity index (χ1) is 32.6. The zero-order chi connectivity index (χ0) is 44.4. The molecule has 0 aliphatic carbocycles. The van der Waals surface area contributed by atoms with Crippen molar-refractivity contribution >= 4 is 72.1 Å². The van der Waals surface area contributed by atoms with Crippen LogP contribution in [0.2, 0.25) is 0 Å². The number of hydrogen-bond acceptors (Lipinski definition) is 3. The zero-order valence-electron chi connectivity index (χ0n) is 35.9. The molecule has 0 bridgehead atoms. The van der Waals surface area contributed by atoms with Gasteiger partial charge in [0.05, 0.1) is 18.3 Å². The van der Waals surface area contributed by atoms with Gasteiger partial charge in [0.15, 0.2) is 5.69 Å². The summed E-state index contributed by atoms with van der Waals surface area (Å²) in [6.45, 7) is 8.09. The molecule has 0 aliphatic heterocycles. The SMILES string of the molecule is [C-]#[N+]c1cc(C#N)cc(N(c2cccc(N(c3ccccc3)c3ccc(-c4ccccc4)cc3)c2)c2c3ccccc3c(-c3ccc(-c4ccc5ccccc5c4)cc3)c3ccccc23)c1. The Kier molecular flexibility index (Phi) is 10.3. The molecule has 0 spiro atoms. The molecule has 0 N–H and O–H groups in total. The smallest absolute Gasteiger partial charge is 0.190 e. The van der Waals surface area contributed by atoms with Crippen molar-refractivity contribution < 1.29 is 0 Å². The highest BCUT2D eigenvalue weighted by Gasteiger charge is 2.24. The van der Waals surface area contributed by atoms with Gasteiger partial charge in [-0.1, -0.05) is 176 Å². The van der Waals surface area contributed by atoms with Gasteiger partial charge in [-0.25, -0.2) is 4.85 Å². The fourth-order valence-electron chi connectivity index (χ4n) is 9.35. The zero-order valence-corrected chi connectivity index (χ0v) is 35.9. The number of anilines is 6. The topological polar surface area (TPSA) is 34.6 Å². The summed E-state index contributed by atoms with van der Waals surface area (Å²) < 4.78 is 0. The second kappa shape index (κ2) is 17.2. The lowest BCUT2D eigenvalue weighted by molar-refractivity contribution is 1.26. The Hall–Kier alpha value is -9.22. The molecule has 0 amide bonds. The van der Waals surface area contributed by atoms with E-state index in [0.29, 0.717) is 11.3 Å². The van der Waals surface area contributed by atoms with Crippen LogP contribution in [0.3, 0.4) is 0 Å². The van der Waals surface area contributed by atoms with Gasteiger partial charge in [0.2, 0.25) is 0 Å². The first-order valence-corrected chi connectivity index (χ1v) is 22.0. The third kappa shape index (κ3) is 7.35. The molecule has 4 nitrogen and oxygen atoms in total. The van der Waals surface area contributed by atoms with Gasteiger partial charge < -0.3 is 9.80 Å². The summed E-state index contributed by atoms with van der Waals surface area (Å²) in [4.78, 5) is 8.36. The van der Waals surface area contributed by atoms with Crippen LogP contribution in [0, 0.1) is 17.9 Å². The van der Waals surface area contributed by atoms with Crippen molar-refractivity contribution in [3.05, 3.63) is 260 Å². The van der Waals surface area contributed by atoms with E-state index in [2.05, 4.69) is 233 Å². The molecule has 0 aromatic heterocycles. The summed E-state index contributed by atoms with van der Waals surface area (Å²) in [6.07, 6.45) is 0. The first-order valence-electron chi connectivity index (χ1n) is 22.0. The minimum Gasteiger partial charge on any atom is -0.310 e. The highest BCUT2D eigenvalue weighted by Crippen LogP contribution is 2.50. The number of hydrogen-bond donors (Lipinski definition) is 0. The molecule has 4 heteroatoms. The van der Waals surface area contributed by atoms with Crippen molar-refractivity contribution in [2.24, 2.45) is 0 Å². The molecule has 11 aromatic rings. The molecule has 66 heavy (non-hydrogen) atoms.